The minimum absolute atomic E-state index is 0.250. The van der Waals surface area contributed by atoms with Crippen molar-refractivity contribution in [3.05, 3.63) is 95.0 Å². The first-order valence-electron chi connectivity index (χ1n) is 8.57. The van der Waals surface area contributed by atoms with Gasteiger partial charge in [0.25, 0.3) is 0 Å². The molecule has 0 bridgehead atoms. The van der Waals surface area contributed by atoms with Crippen LogP contribution in [0.3, 0.4) is 0 Å². The van der Waals surface area contributed by atoms with Gasteiger partial charge in [0, 0.05) is 17.3 Å². The third-order valence-corrected chi connectivity index (χ3v) is 5.92. The predicted octanol–water partition coefficient (Wildman–Crippen LogP) is 4.78. The van der Waals surface area contributed by atoms with E-state index < -0.39 is 16.1 Å². The number of benzene rings is 3. The zero-order valence-corrected chi connectivity index (χ0v) is 16.5. The Morgan fingerprint density at radius 1 is 0.889 bits per heavy atom. The molecule has 0 aliphatic carbocycles. The highest BCUT2D eigenvalue weighted by molar-refractivity contribution is 7.89. The highest BCUT2D eigenvalue weighted by Crippen LogP contribution is 2.20. The van der Waals surface area contributed by atoms with Gasteiger partial charge in [0.2, 0.25) is 10.0 Å². The molecule has 0 saturated carbocycles. The fourth-order valence-electron chi connectivity index (χ4n) is 2.67. The van der Waals surface area contributed by atoms with E-state index in [9.17, 15) is 8.42 Å². The molecule has 0 aromatic heterocycles. The number of rotatable bonds is 7. The number of nitrogens with one attached hydrogen (secondary N) is 2. The molecule has 0 aliphatic rings. The molecule has 27 heavy (non-hydrogen) atoms. The molecule has 0 fully saturated rings. The fraction of sp³-hybridized carbons (Fsp3) is 0.143. The Kier molecular flexibility index (Phi) is 6.16. The molecular formula is C21H21ClN2O2S. The van der Waals surface area contributed by atoms with Crippen molar-refractivity contribution in [2.75, 3.05) is 11.9 Å². The van der Waals surface area contributed by atoms with E-state index >= 15 is 0 Å². The van der Waals surface area contributed by atoms with Crippen molar-refractivity contribution in [1.82, 2.24) is 4.72 Å². The molecular weight excluding hydrogens is 380 g/mol. The van der Waals surface area contributed by atoms with E-state index in [0.29, 0.717) is 11.6 Å². The maximum Gasteiger partial charge on any atom is 0.241 e. The summed E-state index contributed by atoms with van der Waals surface area (Å²) < 4.78 is 28.5. The summed E-state index contributed by atoms with van der Waals surface area (Å²) in [4.78, 5) is 0.250. The minimum atomic E-state index is -3.65. The van der Waals surface area contributed by atoms with Crippen LogP contribution in [0.4, 0.5) is 5.69 Å². The Morgan fingerprint density at radius 2 is 1.52 bits per heavy atom. The van der Waals surface area contributed by atoms with Gasteiger partial charge in [-0.3, -0.25) is 0 Å². The molecule has 1 unspecified atom stereocenters. The van der Waals surface area contributed by atoms with Crippen molar-refractivity contribution in [3.8, 4) is 0 Å². The molecule has 0 heterocycles. The quantitative estimate of drug-likeness (QED) is 0.600. The molecule has 3 aromatic rings. The summed E-state index contributed by atoms with van der Waals surface area (Å²) in [5.41, 5.74) is 2.77. The van der Waals surface area contributed by atoms with Gasteiger partial charge >= 0.3 is 0 Å². The van der Waals surface area contributed by atoms with Crippen molar-refractivity contribution >= 4 is 27.3 Å². The van der Waals surface area contributed by atoms with E-state index in [4.69, 9.17) is 11.6 Å². The van der Waals surface area contributed by atoms with Gasteiger partial charge in [-0.1, -0.05) is 59.6 Å². The van der Waals surface area contributed by atoms with Crippen molar-refractivity contribution < 1.29 is 8.42 Å². The molecule has 2 N–H and O–H groups in total. The number of aryl methyl sites for hydroxylation is 1. The number of anilines is 1. The Bertz CT molecular complexity index is 973. The summed E-state index contributed by atoms with van der Waals surface area (Å²) in [7, 11) is -3.65. The van der Waals surface area contributed by atoms with Gasteiger partial charge in [-0.2, -0.15) is 0 Å². The first-order chi connectivity index (χ1) is 12.9. The Labute approximate surface area is 165 Å². The SMILES string of the molecule is Cc1ccc(S(=O)(=O)NC(CNc2ccc(Cl)cc2)c2ccccc2)cc1. The maximum atomic E-state index is 12.8. The lowest BCUT2D eigenvalue weighted by molar-refractivity contribution is 0.562. The molecule has 0 saturated heterocycles. The normalized spacial score (nSPS) is 12.5. The van der Waals surface area contributed by atoms with Gasteiger partial charge in [0.1, 0.15) is 0 Å². The molecule has 6 heteroatoms. The summed E-state index contributed by atoms with van der Waals surface area (Å²) >= 11 is 5.92. The zero-order valence-electron chi connectivity index (χ0n) is 14.9. The molecule has 3 aromatic carbocycles. The maximum absolute atomic E-state index is 12.8. The Morgan fingerprint density at radius 3 is 2.15 bits per heavy atom. The summed E-state index contributed by atoms with van der Waals surface area (Å²) in [6, 6.07) is 23.2. The first kappa shape index (κ1) is 19.4. The Balaban J connectivity index is 1.81. The van der Waals surface area contributed by atoms with Crippen LogP contribution in [0.2, 0.25) is 5.02 Å². The average molecular weight is 401 g/mol. The van der Waals surface area contributed by atoms with Gasteiger partial charge < -0.3 is 5.32 Å². The summed E-state index contributed by atoms with van der Waals surface area (Å²) in [6.07, 6.45) is 0. The van der Waals surface area contributed by atoms with Gasteiger partial charge in [-0.15, -0.1) is 0 Å². The second-order valence-electron chi connectivity index (χ2n) is 6.29. The zero-order chi connectivity index (χ0) is 19.3. The molecule has 0 spiro atoms. The van der Waals surface area contributed by atoms with Gasteiger partial charge in [0.15, 0.2) is 0 Å². The number of sulfonamides is 1. The lowest BCUT2D eigenvalue weighted by Crippen LogP contribution is -2.33. The van der Waals surface area contributed by atoms with E-state index in [2.05, 4.69) is 10.0 Å². The lowest BCUT2D eigenvalue weighted by Gasteiger charge is -2.20. The van der Waals surface area contributed by atoms with Crippen LogP contribution in [-0.2, 0) is 10.0 Å². The molecule has 4 nitrogen and oxygen atoms in total. The van der Waals surface area contributed by atoms with E-state index in [1.807, 2.05) is 49.4 Å². The minimum Gasteiger partial charge on any atom is -0.383 e. The predicted molar refractivity (Wildman–Crippen MR) is 111 cm³/mol. The molecule has 0 radical (unpaired) electrons. The molecule has 0 amide bonds. The highest BCUT2D eigenvalue weighted by Gasteiger charge is 2.21. The molecule has 3 rings (SSSR count). The van der Waals surface area contributed by atoms with Crippen LogP contribution in [0, 0.1) is 6.92 Å². The van der Waals surface area contributed by atoms with E-state index in [-0.39, 0.29) is 4.90 Å². The Hall–Kier alpha value is -2.34. The van der Waals surface area contributed by atoms with Crippen LogP contribution in [0.25, 0.3) is 0 Å². The number of hydrogen-bond donors (Lipinski definition) is 2. The van der Waals surface area contributed by atoms with Crippen molar-refractivity contribution in [3.63, 3.8) is 0 Å². The smallest absolute Gasteiger partial charge is 0.241 e. The van der Waals surface area contributed by atoms with E-state index in [1.54, 1.807) is 36.4 Å². The summed E-state index contributed by atoms with van der Waals surface area (Å²) in [5, 5.41) is 3.92. The fourth-order valence-corrected chi connectivity index (χ4v) is 4.02. The van der Waals surface area contributed by atoms with Crippen molar-refractivity contribution in [1.29, 1.82) is 0 Å². The average Bonchev–Trinajstić information content (AvgIpc) is 2.67. The van der Waals surface area contributed by atoms with E-state index in [0.717, 1.165) is 16.8 Å². The van der Waals surface area contributed by atoms with Crippen molar-refractivity contribution in [2.24, 2.45) is 0 Å². The highest BCUT2D eigenvalue weighted by atomic mass is 35.5. The van der Waals surface area contributed by atoms with Crippen LogP contribution < -0.4 is 10.0 Å². The topological polar surface area (TPSA) is 58.2 Å². The first-order valence-corrected chi connectivity index (χ1v) is 10.4. The van der Waals surface area contributed by atoms with Crippen LogP contribution in [0.5, 0.6) is 0 Å². The van der Waals surface area contributed by atoms with Crippen LogP contribution in [-0.4, -0.2) is 15.0 Å². The third-order valence-electron chi connectivity index (χ3n) is 4.19. The summed E-state index contributed by atoms with van der Waals surface area (Å²) in [5.74, 6) is 0. The van der Waals surface area contributed by atoms with Crippen LogP contribution in [0.1, 0.15) is 17.2 Å². The second-order valence-corrected chi connectivity index (χ2v) is 8.44. The lowest BCUT2D eigenvalue weighted by atomic mass is 10.1. The van der Waals surface area contributed by atoms with Gasteiger partial charge in [-0.05, 0) is 48.9 Å². The van der Waals surface area contributed by atoms with Crippen LogP contribution >= 0.6 is 11.6 Å². The number of hydrogen-bond acceptors (Lipinski definition) is 3. The number of halogens is 1. The van der Waals surface area contributed by atoms with Crippen molar-refractivity contribution in [2.45, 2.75) is 17.9 Å². The second kappa shape index (κ2) is 8.57. The standard InChI is InChI=1S/C21H21ClN2O2S/c1-16-7-13-20(14-8-16)27(25,26)24-21(17-5-3-2-4-6-17)15-23-19-11-9-18(22)10-12-19/h2-14,21,23-24H,15H2,1H3. The monoisotopic (exact) mass is 400 g/mol. The summed E-state index contributed by atoms with van der Waals surface area (Å²) in [6.45, 7) is 2.32. The third kappa shape index (κ3) is 5.32. The largest absolute Gasteiger partial charge is 0.383 e. The van der Waals surface area contributed by atoms with Gasteiger partial charge in [0.05, 0.1) is 10.9 Å². The molecule has 1 atom stereocenters. The van der Waals surface area contributed by atoms with Crippen LogP contribution in [0.15, 0.2) is 83.8 Å². The molecule has 0 aliphatic heterocycles. The molecule has 140 valence electrons. The van der Waals surface area contributed by atoms with E-state index in [1.165, 1.54) is 0 Å². The van der Waals surface area contributed by atoms with Gasteiger partial charge in [-0.25, -0.2) is 13.1 Å².